The highest BCUT2D eigenvalue weighted by atomic mass is 32.2. The largest absolute Gasteiger partial charge is 0.406 e. The fourth-order valence-electron chi connectivity index (χ4n) is 5.72. The van der Waals surface area contributed by atoms with Crippen LogP contribution in [0.1, 0.15) is 109 Å². The van der Waals surface area contributed by atoms with Crippen molar-refractivity contribution in [1.82, 2.24) is 0 Å². The summed E-state index contributed by atoms with van der Waals surface area (Å²) in [7, 11) is 2.18. The van der Waals surface area contributed by atoms with Crippen molar-refractivity contribution in [2.75, 3.05) is 23.4 Å². The molecule has 2 aliphatic rings. The molecule has 4 aromatic carbocycles. The van der Waals surface area contributed by atoms with Gasteiger partial charge in [-0.25, -0.2) is 0 Å². The van der Waals surface area contributed by atoms with E-state index < -0.39 is 12.7 Å². The van der Waals surface area contributed by atoms with Gasteiger partial charge in [0.25, 0.3) is 0 Å². The van der Waals surface area contributed by atoms with Gasteiger partial charge >= 0.3 is 6.18 Å². The lowest BCUT2D eigenvalue weighted by Crippen LogP contribution is -2.32. The van der Waals surface area contributed by atoms with E-state index in [4.69, 9.17) is 0 Å². The molecule has 2 aliphatic heterocycles. The molecule has 0 aliphatic carbocycles. The predicted octanol–water partition coefficient (Wildman–Crippen LogP) is 13.9. The lowest BCUT2D eigenvalue weighted by molar-refractivity contribution is -0.118. The Morgan fingerprint density at radius 2 is 0.894 bits per heavy atom. The van der Waals surface area contributed by atoms with Crippen molar-refractivity contribution in [3.05, 3.63) is 95.1 Å². The Morgan fingerprint density at radius 3 is 1.36 bits per heavy atom. The highest BCUT2D eigenvalue weighted by molar-refractivity contribution is 8.00. The van der Waals surface area contributed by atoms with Gasteiger partial charge in [-0.15, -0.1) is 0 Å². The number of hydrogen-bond acceptors (Lipinski definition) is 4. The molecule has 2 nitrogen and oxygen atoms in total. The van der Waals surface area contributed by atoms with E-state index in [2.05, 4.69) is 104 Å². The summed E-state index contributed by atoms with van der Waals surface area (Å²) in [4.78, 5) is 8.24. The number of hydrogen-bond donors (Lipinski definition) is 0. The van der Waals surface area contributed by atoms with Gasteiger partial charge in [0, 0.05) is 26.6 Å². The van der Waals surface area contributed by atoms with Crippen molar-refractivity contribution in [3.8, 4) is 0 Å². The average molecular weight is 679 g/mol. The first-order valence-electron chi connectivity index (χ1n) is 16.1. The molecule has 47 heavy (non-hydrogen) atoms. The monoisotopic (exact) mass is 678 g/mol. The Balaban J connectivity index is 0.000000211. The Bertz CT molecular complexity index is 1710. The van der Waals surface area contributed by atoms with Crippen LogP contribution in [0.4, 0.5) is 35.9 Å². The van der Waals surface area contributed by atoms with E-state index in [0.29, 0.717) is 29.1 Å². The summed E-state index contributed by atoms with van der Waals surface area (Å²) in [5.74, 6) is 1.75. The smallest absolute Gasteiger partial charge is 0.343 e. The quantitative estimate of drug-likeness (QED) is 0.207. The Morgan fingerprint density at radius 1 is 0.511 bits per heavy atom. The van der Waals surface area contributed by atoms with Crippen molar-refractivity contribution in [1.29, 1.82) is 0 Å². The van der Waals surface area contributed by atoms with Crippen molar-refractivity contribution >= 4 is 46.3 Å². The van der Waals surface area contributed by atoms with E-state index in [9.17, 15) is 13.2 Å². The molecule has 0 radical (unpaired) electrons. The van der Waals surface area contributed by atoms with E-state index in [1.807, 2.05) is 48.2 Å². The van der Waals surface area contributed by atoms with E-state index in [-0.39, 0.29) is 13.3 Å². The van der Waals surface area contributed by atoms with Crippen molar-refractivity contribution in [3.63, 3.8) is 0 Å². The minimum Gasteiger partial charge on any atom is -0.343 e. The minimum absolute atomic E-state index is 0. The van der Waals surface area contributed by atoms with E-state index in [1.54, 1.807) is 11.8 Å². The van der Waals surface area contributed by atoms with Crippen molar-refractivity contribution < 1.29 is 13.2 Å². The van der Waals surface area contributed by atoms with Gasteiger partial charge in [-0.3, -0.25) is 0 Å². The first kappa shape index (κ1) is 36.8. The highest BCUT2D eigenvalue weighted by Gasteiger charge is 2.35. The van der Waals surface area contributed by atoms with Crippen LogP contribution in [0, 0.1) is 0 Å². The number of benzene rings is 4. The number of alkyl halides is 3. The third-order valence-corrected chi connectivity index (χ3v) is 10.9. The van der Waals surface area contributed by atoms with Crippen LogP contribution in [0.15, 0.2) is 92.4 Å². The second-order valence-corrected chi connectivity index (χ2v) is 15.7. The zero-order valence-electron chi connectivity index (χ0n) is 28.3. The van der Waals surface area contributed by atoms with Crippen LogP contribution in [-0.2, 0) is 0 Å². The molecule has 2 heterocycles. The SMILES string of the molecule is C.CC(C)c1ccc2c(c1)Sc1ccc(C(C)C)cc1N2C.CC(C)c1ccc2c(c1)Sc1ccc(C(C)C)cc1N2CC(F)(F)F. The van der Waals surface area contributed by atoms with Gasteiger partial charge in [-0.05, 0) is 94.5 Å². The normalized spacial score (nSPS) is 13.5. The molecule has 0 atom stereocenters. The van der Waals surface area contributed by atoms with E-state index in [0.717, 1.165) is 20.9 Å². The molecule has 0 aromatic heterocycles. The molecule has 0 saturated heterocycles. The first-order chi connectivity index (χ1) is 21.6. The van der Waals surface area contributed by atoms with Crippen molar-refractivity contribution in [2.24, 2.45) is 0 Å². The van der Waals surface area contributed by atoms with Gasteiger partial charge in [0.15, 0.2) is 0 Å². The number of anilines is 4. The Hall–Kier alpha value is -3.03. The van der Waals surface area contributed by atoms with Gasteiger partial charge in [-0.1, -0.05) is 111 Å². The van der Waals surface area contributed by atoms with Crippen LogP contribution in [-0.4, -0.2) is 19.8 Å². The molecule has 0 fully saturated rings. The Kier molecular flexibility index (Phi) is 11.4. The van der Waals surface area contributed by atoms with Gasteiger partial charge in [0.1, 0.15) is 6.54 Å². The zero-order chi connectivity index (χ0) is 33.5. The van der Waals surface area contributed by atoms with Crippen LogP contribution in [0.2, 0.25) is 0 Å². The summed E-state index contributed by atoms with van der Waals surface area (Å²) in [5.41, 5.74) is 8.95. The second kappa shape index (κ2) is 14.6. The molecule has 0 amide bonds. The molecule has 0 N–H and O–H groups in total. The van der Waals surface area contributed by atoms with E-state index >= 15 is 0 Å². The fraction of sp³-hybridized carbons (Fsp3) is 0.400. The third-order valence-electron chi connectivity index (χ3n) is 8.68. The summed E-state index contributed by atoms with van der Waals surface area (Å²) < 4.78 is 39.7. The van der Waals surface area contributed by atoms with Gasteiger partial charge < -0.3 is 9.80 Å². The van der Waals surface area contributed by atoms with Crippen LogP contribution in [0.25, 0.3) is 0 Å². The summed E-state index contributed by atoms with van der Waals surface area (Å²) in [6, 6.07) is 25.4. The molecule has 4 aromatic rings. The van der Waals surface area contributed by atoms with Crippen LogP contribution in [0.5, 0.6) is 0 Å². The minimum atomic E-state index is -4.26. The average Bonchev–Trinajstić information content (AvgIpc) is 2.99. The maximum atomic E-state index is 13.2. The highest BCUT2D eigenvalue weighted by Crippen LogP contribution is 2.51. The van der Waals surface area contributed by atoms with Gasteiger partial charge in [0.2, 0.25) is 0 Å². The molecule has 252 valence electrons. The number of nitrogens with zero attached hydrogens (tertiary/aromatic N) is 2. The number of fused-ring (bicyclic) bond motifs is 4. The first-order valence-corrected chi connectivity index (χ1v) is 17.8. The van der Waals surface area contributed by atoms with Gasteiger partial charge in [0.05, 0.1) is 22.7 Å². The van der Waals surface area contributed by atoms with Crippen LogP contribution >= 0.6 is 23.5 Å². The predicted molar refractivity (Wildman–Crippen MR) is 198 cm³/mol. The van der Waals surface area contributed by atoms with Crippen molar-refractivity contribution in [2.45, 2.75) is 112 Å². The number of rotatable bonds is 5. The van der Waals surface area contributed by atoms with Crippen LogP contribution < -0.4 is 9.80 Å². The lowest BCUT2D eigenvalue weighted by atomic mass is 10.0. The topological polar surface area (TPSA) is 6.48 Å². The molecule has 0 spiro atoms. The maximum absolute atomic E-state index is 13.2. The standard InChI is InChI=1S/C20H22F3NS.C19H23NS.CH4/c1-12(2)14-6-8-18-17(9-14)24(11-20(21,22)23)16-7-5-15(13(3)4)10-19(16)25-18;1-12(2)14-7-9-18-17(10-14)20(5)16-8-6-15(13(3)4)11-19(16)21-18;/h5-10,12-13H,11H2,1-4H3;6-13H,1-5H3;1H4. The molecule has 7 heteroatoms. The lowest BCUT2D eigenvalue weighted by Gasteiger charge is -2.34. The summed E-state index contributed by atoms with van der Waals surface area (Å²) in [6.45, 7) is 16.3. The molecule has 0 bridgehead atoms. The molecule has 0 unspecified atom stereocenters. The van der Waals surface area contributed by atoms with Gasteiger partial charge in [-0.2, -0.15) is 13.2 Å². The molecular weight excluding hydrogens is 630 g/mol. The molecule has 6 rings (SSSR count). The summed E-state index contributed by atoms with van der Waals surface area (Å²) in [5, 5.41) is 0. The summed E-state index contributed by atoms with van der Waals surface area (Å²) in [6.07, 6.45) is -4.26. The zero-order valence-corrected chi connectivity index (χ0v) is 29.9. The second-order valence-electron chi connectivity index (χ2n) is 13.5. The Labute approximate surface area is 289 Å². The van der Waals surface area contributed by atoms with Crippen LogP contribution in [0.3, 0.4) is 0 Å². The molecule has 0 saturated carbocycles. The van der Waals surface area contributed by atoms with E-state index in [1.165, 1.54) is 37.2 Å². The maximum Gasteiger partial charge on any atom is 0.406 e. The summed E-state index contributed by atoms with van der Waals surface area (Å²) >= 11 is 3.45. The third kappa shape index (κ3) is 8.17. The number of halogens is 3. The fourth-order valence-corrected chi connectivity index (χ4v) is 8.02. The molecular formula is C40H49F3N2S2.